The van der Waals surface area contributed by atoms with Crippen molar-refractivity contribution in [2.45, 2.75) is 39.7 Å². The first kappa shape index (κ1) is 15.0. The zero-order chi connectivity index (χ0) is 17.0. The predicted molar refractivity (Wildman–Crippen MR) is 90.0 cm³/mol. The van der Waals surface area contributed by atoms with E-state index in [2.05, 4.69) is 0 Å². The van der Waals surface area contributed by atoms with E-state index in [1.807, 2.05) is 26.8 Å². The van der Waals surface area contributed by atoms with Crippen molar-refractivity contribution in [1.29, 1.82) is 0 Å². The highest BCUT2D eigenvalue weighted by Gasteiger charge is 2.34. The van der Waals surface area contributed by atoms with Crippen molar-refractivity contribution in [3.05, 3.63) is 38.7 Å². The molecule has 1 atom stereocenters. The van der Waals surface area contributed by atoms with Crippen LogP contribution in [0.3, 0.4) is 0 Å². The second-order valence-electron chi connectivity index (χ2n) is 6.43. The summed E-state index contributed by atoms with van der Waals surface area (Å²) < 4.78 is 17.4. The summed E-state index contributed by atoms with van der Waals surface area (Å²) >= 11 is 0. The second-order valence-corrected chi connectivity index (χ2v) is 6.43. The SMILES string of the molecule is CCc1cc(=O)oc2c3c(c4c(c12)OCC(C)=C4)OC(C)CC3=O. The Morgan fingerprint density at radius 3 is 2.79 bits per heavy atom. The molecule has 0 saturated heterocycles. The number of fused-ring (bicyclic) bond motifs is 6. The molecule has 3 heterocycles. The van der Waals surface area contributed by atoms with Crippen LogP contribution in [-0.4, -0.2) is 18.5 Å². The molecule has 124 valence electrons. The van der Waals surface area contributed by atoms with Crippen LogP contribution in [0.25, 0.3) is 17.0 Å². The number of Topliss-reactive ketones (excluding diaryl/α,β-unsaturated/α-hetero) is 1. The van der Waals surface area contributed by atoms with Crippen molar-refractivity contribution in [3.63, 3.8) is 0 Å². The van der Waals surface area contributed by atoms with Gasteiger partial charge in [-0.05, 0) is 37.5 Å². The van der Waals surface area contributed by atoms with Gasteiger partial charge in [0.25, 0.3) is 0 Å². The van der Waals surface area contributed by atoms with E-state index in [0.717, 1.165) is 16.7 Å². The molecule has 5 heteroatoms. The quantitative estimate of drug-likeness (QED) is 0.750. The van der Waals surface area contributed by atoms with Gasteiger partial charge in [0.2, 0.25) is 0 Å². The molecule has 2 aliphatic rings. The highest BCUT2D eigenvalue weighted by atomic mass is 16.5. The van der Waals surface area contributed by atoms with Gasteiger partial charge in [-0.25, -0.2) is 4.79 Å². The maximum absolute atomic E-state index is 12.7. The molecule has 1 unspecified atom stereocenters. The standard InChI is InChI=1S/C19H18O5/c1-4-11-7-14(21)24-19-15(11)17-12(5-9(2)8-22-17)18-16(19)13(20)6-10(3)23-18/h5,7,10H,4,6,8H2,1-3H3. The van der Waals surface area contributed by atoms with E-state index >= 15 is 0 Å². The van der Waals surface area contributed by atoms with Crippen LogP contribution in [-0.2, 0) is 6.42 Å². The van der Waals surface area contributed by atoms with Crippen LogP contribution < -0.4 is 15.1 Å². The lowest BCUT2D eigenvalue weighted by molar-refractivity contribution is 0.0871. The molecule has 5 nitrogen and oxygen atoms in total. The normalized spacial score (nSPS) is 19.2. The van der Waals surface area contributed by atoms with Crippen LogP contribution in [0.2, 0.25) is 0 Å². The Morgan fingerprint density at radius 1 is 1.25 bits per heavy atom. The Bertz CT molecular complexity index is 964. The molecule has 0 N–H and O–H groups in total. The molecule has 0 saturated carbocycles. The van der Waals surface area contributed by atoms with E-state index in [1.165, 1.54) is 6.07 Å². The smallest absolute Gasteiger partial charge is 0.336 e. The van der Waals surface area contributed by atoms with Crippen LogP contribution in [0.15, 0.2) is 20.9 Å². The van der Waals surface area contributed by atoms with Gasteiger partial charge >= 0.3 is 5.63 Å². The lowest BCUT2D eigenvalue weighted by Gasteiger charge is -2.28. The van der Waals surface area contributed by atoms with Crippen LogP contribution in [0.4, 0.5) is 0 Å². The Labute approximate surface area is 138 Å². The Balaban J connectivity index is 2.23. The van der Waals surface area contributed by atoms with Crippen molar-refractivity contribution in [3.8, 4) is 11.5 Å². The summed E-state index contributed by atoms with van der Waals surface area (Å²) in [4.78, 5) is 24.7. The Kier molecular flexibility index (Phi) is 3.27. The fourth-order valence-electron chi connectivity index (χ4n) is 3.46. The molecule has 0 amide bonds. The van der Waals surface area contributed by atoms with Crippen molar-refractivity contribution >= 4 is 22.8 Å². The van der Waals surface area contributed by atoms with Crippen LogP contribution in [0.1, 0.15) is 48.7 Å². The van der Waals surface area contributed by atoms with Gasteiger partial charge in [-0.1, -0.05) is 6.92 Å². The highest BCUT2D eigenvalue weighted by molar-refractivity contribution is 6.13. The summed E-state index contributed by atoms with van der Waals surface area (Å²) in [5.74, 6) is 1.04. The monoisotopic (exact) mass is 326 g/mol. The number of carbonyl (C=O) groups is 1. The van der Waals surface area contributed by atoms with E-state index in [0.29, 0.717) is 35.5 Å². The third kappa shape index (κ3) is 2.08. The lowest BCUT2D eigenvalue weighted by atomic mass is 9.91. The fourth-order valence-corrected chi connectivity index (χ4v) is 3.46. The first-order chi connectivity index (χ1) is 11.5. The zero-order valence-electron chi connectivity index (χ0n) is 13.9. The van der Waals surface area contributed by atoms with E-state index in [4.69, 9.17) is 13.9 Å². The second kappa shape index (κ2) is 5.23. The number of carbonyl (C=O) groups excluding carboxylic acids is 1. The van der Waals surface area contributed by atoms with Crippen molar-refractivity contribution < 1.29 is 18.7 Å². The Morgan fingerprint density at radius 2 is 2.04 bits per heavy atom. The summed E-state index contributed by atoms with van der Waals surface area (Å²) in [6.45, 7) is 6.26. The molecule has 4 rings (SSSR count). The van der Waals surface area contributed by atoms with Crippen molar-refractivity contribution in [2.24, 2.45) is 0 Å². The number of hydrogen-bond donors (Lipinski definition) is 0. The van der Waals surface area contributed by atoms with E-state index in [9.17, 15) is 9.59 Å². The summed E-state index contributed by atoms with van der Waals surface area (Å²) in [6, 6.07) is 1.47. The van der Waals surface area contributed by atoms with Crippen LogP contribution >= 0.6 is 0 Å². The average molecular weight is 326 g/mol. The number of benzene rings is 1. The van der Waals surface area contributed by atoms with Gasteiger partial charge in [-0.15, -0.1) is 0 Å². The number of ketones is 1. The topological polar surface area (TPSA) is 65.7 Å². The molecule has 0 bridgehead atoms. The molecule has 0 aliphatic carbocycles. The largest absolute Gasteiger partial charge is 0.489 e. The molecule has 1 aromatic carbocycles. The van der Waals surface area contributed by atoms with E-state index < -0.39 is 5.63 Å². The third-order valence-corrected chi connectivity index (χ3v) is 4.50. The molecule has 24 heavy (non-hydrogen) atoms. The molecule has 0 radical (unpaired) electrons. The minimum absolute atomic E-state index is 0.0652. The lowest BCUT2D eigenvalue weighted by Crippen LogP contribution is -2.26. The summed E-state index contributed by atoms with van der Waals surface area (Å²) in [5, 5.41) is 0.709. The van der Waals surface area contributed by atoms with Crippen LogP contribution in [0, 0.1) is 0 Å². The average Bonchev–Trinajstić information content (AvgIpc) is 2.53. The van der Waals surface area contributed by atoms with Gasteiger partial charge in [0.15, 0.2) is 11.4 Å². The maximum Gasteiger partial charge on any atom is 0.336 e. The minimum Gasteiger partial charge on any atom is -0.489 e. The summed E-state index contributed by atoms with van der Waals surface area (Å²) in [7, 11) is 0. The summed E-state index contributed by atoms with van der Waals surface area (Å²) in [5.41, 5.74) is 2.83. The Hall–Kier alpha value is -2.56. The molecule has 0 spiro atoms. The zero-order valence-corrected chi connectivity index (χ0v) is 13.9. The number of aryl methyl sites for hydroxylation is 1. The fraction of sp³-hybridized carbons (Fsp3) is 0.368. The molecular formula is C19H18O5. The molecular weight excluding hydrogens is 308 g/mol. The minimum atomic E-state index is -0.463. The molecule has 1 aromatic heterocycles. The highest BCUT2D eigenvalue weighted by Crippen LogP contribution is 2.47. The van der Waals surface area contributed by atoms with Gasteiger partial charge in [0, 0.05) is 12.5 Å². The van der Waals surface area contributed by atoms with Gasteiger partial charge in [0.1, 0.15) is 29.8 Å². The maximum atomic E-state index is 12.7. The predicted octanol–water partition coefficient (Wildman–Crippen LogP) is 3.50. The first-order valence-corrected chi connectivity index (χ1v) is 8.16. The molecule has 0 fully saturated rings. The molecule has 2 aliphatic heterocycles. The van der Waals surface area contributed by atoms with Gasteiger partial charge in [-0.2, -0.15) is 0 Å². The summed E-state index contributed by atoms with van der Waals surface area (Å²) in [6.07, 6.45) is 2.69. The van der Waals surface area contributed by atoms with Crippen molar-refractivity contribution in [2.75, 3.05) is 6.61 Å². The van der Waals surface area contributed by atoms with Gasteiger partial charge in [-0.3, -0.25) is 4.79 Å². The number of ether oxygens (including phenoxy) is 2. The number of rotatable bonds is 1. The van der Waals surface area contributed by atoms with E-state index in [1.54, 1.807) is 0 Å². The van der Waals surface area contributed by atoms with Gasteiger partial charge in [0.05, 0.1) is 10.9 Å². The number of hydrogen-bond acceptors (Lipinski definition) is 5. The molecule has 2 aromatic rings. The van der Waals surface area contributed by atoms with Gasteiger partial charge < -0.3 is 13.9 Å². The third-order valence-electron chi connectivity index (χ3n) is 4.50. The first-order valence-electron chi connectivity index (χ1n) is 8.16. The van der Waals surface area contributed by atoms with Crippen LogP contribution in [0.5, 0.6) is 11.5 Å². The van der Waals surface area contributed by atoms with Crippen molar-refractivity contribution in [1.82, 2.24) is 0 Å². The van der Waals surface area contributed by atoms with E-state index in [-0.39, 0.29) is 23.9 Å².